The van der Waals surface area contributed by atoms with Crippen LogP contribution in [0.3, 0.4) is 0 Å². The molecule has 0 spiro atoms. The molecule has 0 amide bonds. The highest BCUT2D eigenvalue weighted by Gasteiger charge is 2.15. The highest BCUT2D eigenvalue weighted by Crippen LogP contribution is 2.33. The molecule has 0 radical (unpaired) electrons. The Morgan fingerprint density at radius 1 is 1.08 bits per heavy atom. The first-order chi connectivity index (χ1) is 18.1. The third-order valence-electron chi connectivity index (χ3n) is 6.36. The maximum Gasteiger partial charge on any atom is 0.205 e. The van der Waals surface area contributed by atoms with Gasteiger partial charge in [0.1, 0.15) is 5.69 Å². The summed E-state index contributed by atoms with van der Waals surface area (Å²) in [6.45, 7) is 4.81. The van der Waals surface area contributed by atoms with E-state index in [1.54, 1.807) is 7.11 Å². The maximum atomic E-state index is 5.06. The standard InChI is InChI=1S/C16H14N4.C13H21N3O/c1-2-7-15(16-17-19-20-18-16)14(6-1)13-9-8-11-4-3-5-12(11)10-13;1-5-7-15-12-10(2)9-11(6-8-17-4)16-13(12)14-3/h1-2,6-10H,3-5H2,(H,17,18,19,20);7,9H,5-6,8H2,1-4H3,(H,14,16). The zero-order chi connectivity index (χ0) is 26.0. The quantitative estimate of drug-likeness (QED) is 0.300. The number of H-pyrrole nitrogens is 1. The Labute approximate surface area is 218 Å². The lowest BCUT2D eigenvalue weighted by atomic mass is 9.96. The molecular formula is C29H35N7O. The molecule has 4 aromatic rings. The lowest BCUT2D eigenvalue weighted by Gasteiger charge is -2.10. The maximum absolute atomic E-state index is 5.06. The summed E-state index contributed by atoms with van der Waals surface area (Å²) in [5.41, 5.74) is 9.46. The topological polar surface area (TPSA) is 101 Å². The largest absolute Gasteiger partial charge is 0.384 e. The molecule has 2 aromatic carbocycles. The molecule has 2 aromatic heterocycles. The van der Waals surface area contributed by atoms with Crippen LogP contribution in [0.5, 0.6) is 0 Å². The first-order valence-electron chi connectivity index (χ1n) is 12.8. The number of hydrogen-bond acceptors (Lipinski definition) is 7. The van der Waals surface area contributed by atoms with Crippen molar-refractivity contribution in [3.8, 4) is 22.5 Å². The third kappa shape index (κ3) is 6.46. The molecule has 0 unspecified atom stereocenters. The summed E-state index contributed by atoms with van der Waals surface area (Å²) >= 11 is 0. The minimum Gasteiger partial charge on any atom is -0.384 e. The summed E-state index contributed by atoms with van der Waals surface area (Å²) in [5.74, 6) is 1.47. The SMILES string of the molecule is CCC=Nc1c(C)cc(CCOC)nc1NC.c1ccc(-c2nn[nH]n2)c(-c2ccc3c(c2)CCC3)c1. The molecule has 2 N–H and O–H groups in total. The molecule has 0 atom stereocenters. The fourth-order valence-electron chi connectivity index (χ4n) is 4.53. The Kier molecular flexibility index (Phi) is 9.10. The van der Waals surface area contributed by atoms with Gasteiger partial charge in [0.25, 0.3) is 0 Å². The van der Waals surface area contributed by atoms with Gasteiger partial charge in [-0.05, 0) is 71.7 Å². The number of hydrogen-bond donors (Lipinski definition) is 2. The number of aryl methyl sites for hydroxylation is 3. The fourth-order valence-corrected chi connectivity index (χ4v) is 4.53. The second kappa shape index (κ2) is 12.9. The molecule has 0 fully saturated rings. The number of fused-ring (bicyclic) bond motifs is 1. The van der Waals surface area contributed by atoms with Gasteiger partial charge in [-0.1, -0.05) is 49.4 Å². The van der Waals surface area contributed by atoms with Crippen LogP contribution in [-0.4, -0.2) is 52.6 Å². The molecule has 37 heavy (non-hydrogen) atoms. The molecule has 1 aliphatic rings. The van der Waals surface area contributed by atoms with Crippen molar-refractivity contribution in [2.75, 3.05) is 26.1 Å². The first kappa shape index (κ1) is 26.2. The van der Waals surface area contributed by atoms with Gasteiger partial charge in [-0.3, -0.25) is 4.99 Å². The molecule has 192 valence electrons. The minimum absolute atomic E-state index is 0.640. The lowest BCUT2D eigenvalue weighted by Crippen LogP contribution is -2.02. The Morgan fingerprint density at radius 3 is 2.62 bits per heavy atom. The van der Waals surface area contributed by atoms with Crippen molar-refractivity contribution >= 4 is 17.7 Å². The normalized spacial score (nSPS) is 12.3. The Bertz CT molecular complexity index is 1330. The lowest BCUT2D eigenvalue weighted by molar-refractivity contribution is 0.201. The van der Waals surface area contributed by atoms with E-state index in [1.807, 2.05) is 31.5 Å². The molecule has 8 heteroatoms. The van der Waals surface area contributed by atoms with Gasteiger partial charge in [-0.2, -0.15) is 5.21 Å². The van der Waals surface area contributed by atoms with Gasteiger partial charge in [-0.25, -0.2) is 4.98 Å². The molecule has 2 heterocycles. The molecule has 5 rings (SSSR count). The Balaban J connectivity index is 0.000000176. The van der Waals surface area contributed by atoms with Gasteiger partial charge in [0.2, 0.25) is 5.82 Å². The van der Waals surface area contributed by atoms with E-state index in [4.69, 9.17) is 4.74 Å². The number of ether oxygens (including phenoxy) is 1. The third-order valence-corrected chi connectivity index (χ3v) is 6.36. The second-order valence-electron chi connectivity index (χ2n) is 8.96. The number of pyridine rings is 1. The van der Waals surface area contributed by atoms with Crippen LogP contribution in [-0.2, 0) is 24.0 Å². The van der Waals surface area contributed by atoms with Crippen LogP contribution in [0.4, 0.5) is 11.5 Å². The number of nitrogens with zero attached hydrogens (tertiary/aromatic N) is 5. The monoisotopic (exact) mass is 497 g/mol. The van der Waals surface area contributed by atoms with Crippen LogP contribution < -0.4 is 5.32 Å². The predicted octanol–water partition coefficient (Wildman–Crippen LogP) is 5.76. The summed E-state index contributed by atoms with van der Waals surface area (Å²) in [6, 6.07) is 17.0. The predicted molar refractivity (Wildman–Crippen MR) is 150 cm³/mol. The molecule has 0 saturated carbocycles. The van der Waals surface area contributed by atoms with Crippen molar-refractivity contribution in [2.45, 2.75) is 46.0 Å². The minimum atomic E-state index is 0.640. The van der Waals surface area contributed by atoms with Crippen molar-refractivity contribution in [3.05, 3.63) is 70.9 Å². The first-order valence-corrected chi connectivity index (χ1v) is 12.8. The zero-order valence-electron chi connectivity index (χ0n) is 22.1. The molecule has 0 bridgehead atoms. The second-order valence-corrected chi connectivity index (χ2v) is 8.96. The number of anilines is 1. The highest BCUT2D eigenvalue weighted by molar-refractivity contribution is 5.80. The molecule has 0 saturated heterocycles. The van der Waals surface area contributed by atoms with Gasteiger partial charge < -0.3 is 10.1 Å². The van der Waals surface area contributed by atoms with Gasteiger partial charge in [-0.15, -0.1) is 10.2 Å². The number of aliphatic imine (C=N–C) groups is 1. The number of aromatic amines is 1. The number of aromatic nitrogens is 5. The zero-order valence-corrected chi connectivity index (χ0v) is 22.1. The Morgan fingerprint density at radius 2 is 1.89 bits per heavy atom. The van der Waals surface area contributed by atoms with E-state index in [0.29, 0.717) is 12.4 Å². The summed E-state index contributed by atoms with van der Waals surface area (Å²) in [5, 5.41) is 17.5. The van der Waals surface area contributed by atoms with Gasteiger partial charge in [0.05, 0.1) is 6.61 Å². The van der Waals surface area contributed by atoms with E-state index < -0.39 is 0 Å². The summed E-state index contributed by atoms with van der Waals surface area (Å²) in [4.78, 5) is 8.97. The average Bonchev–Trinajstić information content (AvgIpc) is 3.63. The van der Waals surface area contributed by atoms with E-state index in [-0.39, 0.29) is 0 Å². The van der Waals surface area contributed by atoms with E-state index in [1.165, 1.54) is 36.0 Å². The number of methoxy groups -OCH3 is 1. The van der Waals surface area contributed by atoms with E-state index in [9.17, 15) is 0 Å². The summed E-state index contributed by atoms with van der Waals surface area (Å²) in [7, 11) is 3.57. The fraction of sp³-hybridized carbons (Fsp3) is 0.345. The summed E-state index contributed by atoms with van der Waals surface area (Å²) in [6.07, 6.45) is 7.32. The van der Waals surface area contributed by atoms with Crippen LogP contribution in [0.25, 0.3) is 22.5 Å². The average molecular weight is 498 g/mol. The van der Waals surface area contributed by atoms with Crippen molar-refractivity contribution in [1.82, 2.24) is 25.6 Å². The van der Waals surface area contributed by atoms with Crippen molar-refractivity contribution in [2.24, 2.45) is 4.99 Å². The van der Waals surface area contributed by atoms with Crippen LogP contribution >= 0.6 is 0 Å². The Hall–Kier alpha value is -3.91. The van der Waals surface area contributed by atoms with Gasteiger partial charge in [0, 0.05) is 38.1 Å². The number of nitrogens with one attached hydrogen (secondary N) is 2. The van der Waals surface area contributed by atoms with Crippen molar-refractivity contribution in [3.63, 3.8) is 0 Å². The van der Waals surface area contributed by atoms with Crippen LogP contribution in [0.15, 0.2) is 53.5 Å². The van der Waals surface area contributed by atoms with Gasteiger partial charge >= 0.3 is 0 Å². The van der Waals surface area contributed by atoms with E-state index in [2.05, 4.69) is 80.1 Å². The number of rotatable bonds is 8. The highest BCUT2D eigenvalue weighted by atomic mass is 16.5. The smallest absolute Gasteiger partial charge is 0.205 e. The number of benzene rings is 2. The molecule has 0 aliphatic heterocycles. The van der Waals surface area contributed by atoms with Crippen LogP contribution in [0.2, 0.25) is 0 Å². The van der Waals surface area contributed by atoms with Crippen molar-refractivity contribution in [1.29, 1.82) is 0 Å². The van der Waals surface area contributed by atoms with Crippen molar-refractivity contribution < 1.29 is 4.74 Å². The number of tetrazole rings is 1. The summed E-state index contributed by atoms with van der Waals surface area (Å²) < 4.78 is 5.06. The van der Waals surface area contributed by atoms with Crippen LogP contribution in [0, 0.1) is 6.92 Å². The van der Waals surface area contributed by atoms with E-state index in [0.717, 1.165) is 46.7 Å². The molecule has 1 aliphatic carbocycles. The molecular weight excluding hydrogens is 462 g/mol. The van der Waals surface area contributed by atoms with Crippen LogP contribution in [0.1, 0.15) is 42.1 Å². The molecule has 8 nitrogen and oxygen atoms in total. The van der Waals surface area contributed by atoms with Gasteiger partial charge in [0.15, 0.2) is 5.82 Å². The van der Waals surface area contributed by atoms with E-state index >= 15 is 0 Å².